The first-order chi connectivity index (χ1) is 15.4. The van der Waals surface area contributed by atoms with Gasteiger partial charge in [-0.25, -0.2) is 4.39 Å². The molecule has 3 atom stereocenters. The number of nitrogens with two attached hydrogens (primary N) is 1. The minimum Gasteiger partial charge on any atom is -0.481 e. The molecule has 1 aliphatic heterocycles. The number of carboxylic acid groups (broad SMARTS) is 1. The molecule has 2 heterocycles. The molecular formula is C26H30FN3O2. The minimum atomic E-state index is -0.677. The van der Waals surface area contributed by atoms with Crippen molar-refractivity contribution in [3.05, 3.63) is 77.8 Å². The van der Waals surface area contributed by atoms with Crippen molar-refractivity contribution in [3.8, 4) is 0 Å². The van der Waals surface area contributed by atoms with Crippen molar-refractivity contribution >= 4 is 22.6 Å². The van der Waals surface area contributed by atoms with Crippen LogP contribution in [0.4, 0.5) is 10.1 Å². The highest BCUT2D eigenvalue weighted by Crippen LogP contribution is 2.45. The van der Waals surface area contributed by atoms with Gasteiger partial charge in [-0.05, 0) is 60.7 Å². The lowest BCUT2D eigenvalue weighted by Gasteiger charge is -2.46. The van der Waals surface area contributed by atoms with Crippen molar-refractivity contribution in [1.82, 2.24) is 9.88 Å². The van der Waals surface area contributed by atoms with Crippen LogP contribution >= 0.6 is 0 Å². The number of rotatable bonds is 4. The predicted octanol–water partition coefficient (Wildman–Crippen LogP) is 4.74. The summed E-state index contributed by atoms with van der Waals surface area (Å²) in [7, 11) is 0. The highest BCUT2D eigenvalue weighted by molar-refractivity contribution is 5.90. The normalized spacial score (nSPS) is 22.0. The summed E-state index contributed by atoms with van der Waals surface area (Å²) in [5, 5.41) is 10.9. The maximum atomic E-state index is 12.0. The van der Waals surface area contributed by atoms with E-state index in [1.165, 1.54) is 52.0 Å². The number of hydrogen-bond donors (Lipinski definition) is 3. The second kappa shape index (κ2) is 9.17. The lowest BCUT2D eigenvalue weighted by molar-refractivity contribution is -0.144. The summed E-state index contributed by atoms with van der Waals surface area (Å²) in [5.74, 6) is -0.938. The van der Waals surface area contributed by atoms with Gasteiger partial charge in [-0.3, -0.25) is 9.69 Å². The fraction of sp³-hybridized carbons (Fsp3) is 0.346. The molecule has 1 saturated heterocycles. The number of H-pyrrole nitrogens is 1. The van der Waals surface area contributed by atoms with Crippen molar-refractivity contribution in [2.75, 3.05) is 18.8 Å². The first kappa shape index (κ1) is 22.1. The van der Waals surface area contributed by atoms with E-state index in [1.807, 2.05) is 6.08 Å². The van der Waals surface area contributed by atoms with Crippen LogP contribution in [0, 0.1) is 11.7 Å². The zero-order chi connectivity index (χ0) is 22.8. The van der Waals surface area contributed by atoms with E-state index in [2.05, 4.69) is 41.6 Å². The number of fused-ring (bicyclic) bond motifs is 2. The molecule has 32 heavy (non-hydrogen) atoms. The quantitative estimate of drug-likeness (QED) is 0.408. The molecule has 1 fully saturated rings. The Morgan fingerprint density at radius 3 is 2.69 bits per heavy atom. The van der Waals surface area contributed by atoms with Gasteiger partial charge >= 0.3 is 5.97 Å². The molecule has 0 amide bonds. The maximum Gasteiger partial charge on any atom is 0.307 e. The van der Waals surface area contributed by atoms with Gasteiger partial charge in [0.1, 0.15) is 5.82 Å². The standard InChI is InChI=1S/C20H24N2O2.C6H6FN/c1-3-8-22-11-12(20(23)24)9-14-13-6-5-7-17-19(13)15(10-18(14)22)16(4-2)21-17;7-5-1-3-6(8)4-2-5/h3,5-7,12,14,18,21H,1,4,8-11H2,2H3,(H,23,24);1-4H,8H2/t12-,14-,18-;/m1./s1. The average Bonchev–Trinajstić information content (AvgIpc) is 3.15. The van der Waals surface area contributed by atoms with Crippen LogP contribution in [-0.2, 0) is 17.6 Å². The van der Waals surface area contributed by atoms with Gasteiger partial charge in [0.2, 0.25) is 0 Å². The molecule has 168 valence electrons. The van der Waals surface area contributed by atoms with Gasteiger partial charge in [0.05, 0.1) is 5.92 Å². The van der Waals surface area contributed by atoms with Crippen LogP contribution in [0.15, 0.2) is 55.1 Å². The van der Waals surface area contributed by atoms with Gasteiger partial charge in [-0.1, -0.05) is 25.1 Å². The monoisotopic (exact) mass is 435 g/mol. The van der Waals surface area contributed by atoms with Gasteiger partial charge < -0.3 is 15.8 Å². The number of nitrogens with one attached hydrogen (secondary N) is 1. The van der Waals surface area contributed by atoms with E-state index in [4.69, 9.17) is 5.73 Å². The van der Waals surface area contributed by atoms with Gasteiger partial charge in [-0.2, -0.15) is 0 Å². The summed E-state index contributed by atoms with van der Waals surface area (Å²) in [6.07, 6.45) is 4.64. The molecule has 6 heteroatoms. The topological polar surface area (TPSA) is 82.4 Å². The highest BCUT2D eigenvalue weighted by atomic mass is 19.1. The number of carbonyl (C=O) groups is 1. The number of anilines is 1. The average molecular weight is 436 g/mol. The van der Waals surface area contributed by atoms with Crippen LogP contribution in [0.3, 0.4) is 0 Å². The van der Waals surface area contributed by atoms with E-state index >= 15 is 0 Å². The number of benzene rings is 2. The second-order valence-electron chi connectivity index (χ2n) is 8.65. The lowest BCUT2D eigenvalue weighted by Crippen LogP contribution is -2.51. The van der Waals surface area contributed by atoms with E-state index in [-0.39, 0.29) is 17.7 Å². The number of aryl methyl sites for hydroxylation is 1. The van der Waals surface area contributed by atoms with Crippen LogP contribution in [0.2, 0.25) is 0 Å². The van der Waals surface area contributed by atoms with Gasteiger partial charge in [0.25, 0.3) is 0 Å². The second-order valence-corrected chi connectivity index (χ2v) is 8.65. The third-order valence-corrected chi connectivity index (χ3v) is 6.72. The predicted molar refractivity (Wildman–Crippen MR) is 126 cm³/mol. The number of halogens is 1. The molecule has 3 aromatic rings. The number of aliphatic carboxylic acids is 1. The maximum absolute atomic E-state index is 12.0. The molecule has 0 bridgehead atoms. The molecular weight excluding hydrogens is 405 g/mol. The van der Waals surface area contributed by atoms with Gasteiger partial charge in [0, 0.05) is 47.3 Å². The highest BCUT2D eigenvalue weighted by Gasteiger charge is 2.42. The zero-order valence-electron chi connectivity index (χ0n) is 18.4. The van der Waals surface area contributed by atoms with Crippen LogP contribution in [-0.4, -0.2) is 40.1 Å². The number of piperidine rings is 1. The molecule has 4 N–H and O–H groups in total. The molecule has 0 unspecified atom stereocenters. The van der Waals surface area contributed by atoms with Crippen molar-refractivity contribution < 1.29 is 14.3 Å². The smallest absolute Gasteiger partial charge is 0.307 e. The molecule has 5 rings (SSSR count). The first-order valence-electron chi connectivity index (χ1n) is 11.1. The van der Waals surface area contributed by atoms with Crippen LogP contribution < -0.4 is 5.73 Å². The molecule has 1 aliphatic carbocycles. The Morgan fingerprint density at radius 1 is 1.31 bits per heavy atom. The van der Waals surface area contributed by atoms with Gasteiger partial charge in [0.15, 0.2) is 0 Å². The summed E-state index contributed by atoms with van der Waals surface area (Å²) in [4.78, 5) is 17.6. The summed E-state index contributed by atoms with van der Waals surface area (Å²) >= 11 is 0. The van der Waals surface area contributed by atoms with E-state index in [9.17, 15) is 14.3 Å². The van der Waals surface area contributed by atoms with Gasteiger partial charge in [-0.15, -0.1) is 6.58 Å². The van der Waals surface area contributed by atoms with Crippen molar-refractivity contribution in [2.24, 2.45) is 5.92 Å². The molecule has 0 radical (unpaired) electrons. The molecule has 0 saturated carbocycles. The largest absolute Gasteiger partial charge is 0.481 e. The van der Waals surface area contributed by atoms with Crippen LogP contribution in [0.1, 0.15) is 36.1 Å². The Hall–Kier alpha value is -3.12. The molecule has 1 aromatic heterocycles. The van der Waals surface area contributed by atoms with E-state index in [0.29, 0.717) is 18.3 Å². The third-order valence-electron chi connectivity index (χ3n) is 6.72. The summed E-state index contributed by atoms with van der Waals surface area (Å²) in [5.41, 5.74) is 11.1. The number of nitrogens with zero attached hydrogens (tertiary/aromatic N) is 1. The fourth-order valence-corrected chi connectivity index (χ4v) is 5.28. The molecule has 5 nitrogen and oxygen atoms in total. The lowest BCUT2D eigenvalue weighted by atomic mass is 9.72. The van der Waals surface area contributed by atoms with Crippen molar-refractivity contribution in [2.45, 2.75) is 38.1 Å². The number of aromatic amines is 1. The molecule has 0 spiro atoms. The Balaban J connectivity index is 0.000000260. The van der Waals surface area contributed by atoms with E-state index in [1.54, 1.807) is 0 Å². The fourth-order valence-electron chi connectivity index (χ4n) is 5.28. The number of carboxylic acids is 1. The number of nitrogen functional groups attached to an aromatic ring is 1. The molecule has 2 aliphatic rings. The van der Waals surface area contributed by atoms with Crippen molar-refractivity contribution in [3.63, 3.8) is 0 Å². The minimum absolute atomic E-state index is 0.251. The summed E-state index contributed by atoms with van der Waals surface area (Å²) in [6, 6.07) is 12.5. The summed E-state index contributed by atoms with van der Waals surface area (Å²) < 4.78 is 12.0. The third kappa shape index (κ3) is 4.15. The van der Waals surface area contributed by atoms with Crippen LogP contribution in [0.5, 0.6) is 0 Å². The number of aromatic nitrogens is 1. The zero-order valence-corrected chi connectivity index (χ0v) is 18.4. The first-order valence-corrected chi connectivity index (χ1v) is 11.1. The van der Waals surface area contributed by atoms with E-state index in [0.717, 1.165) is 25.8 Å². The summed E-state index contributed by atoms with van der Waals surface area (Å²) in [6.45, 7) is 7.44. The Morgan fingerprint density at radius 2 is 2.06 bits per heavy atom. The number of hydrogen-bond acceptors (Lipinski definition) is 3. The van der Waals surface area contributed by atoms with Crippen molar-refractivity contribution in [1.29, 1.82) is 0 Å². The number of likely N-dealkylation sites (tertiary alicyclic amines) is 1. The Bertz CT molecular complexity index is 1100. The van der Waals surface area contributed by atoms with E-state index < -0.39 is 5.97 Å². The van der Waals surface area contributed by atoms with Crippen LogP contribution in [0.25, 0.3) is 10.9 Å². The molecule has 2 aromatic carbocycles. The Kier molecular flexibility index (Phi) is 6.33. The SMILES string of the molecule is C=CCN1C[C@H](C(=O)O)C[C@@H]2c3cccc4[nH]c(CC)c(c34)C[C@H]21.Nc1ccc(F)cc1. The Labute approximate surface area is 187 Å².